The average Bonchev–Trinajstić information content (AvgIpc) is 2.75. The van der Waals surface area contributed by atoms with Crippen LogP contribution in [0.25, 0.3) is 0 Å². The lowest BCUT2D eigenvalue weighted by molar-refractivity contribution is -0.139. The van der Waals surface area contributed by atoms with Crippen LogP contribution in [0.15, 0.2) is 16.5 Å². The molecule has 0 spiro atoms. The van der Waals surface area contributed by atoms with Crippen LogP contribution < -0.4 is 11.1 Å². The molecule has 1 atom stereocenters. The molecule has 0 bridgehead atoms. The number of hydrogen-bond donors (Lipinski definition) is 3. The van der Waals surface area contributed by atoms with E-state index < -0.39 is 17.9 Å². The monoisotopic (exact) mass is 254 g/mol. The third-order valence-electron chi connectivity index (χ3n) is 2.40. The zero-order valence-corrected chi connectivity index (χ0v) is 10.5. The fourth-order valence-corrected chi connectivity index (χ4v) is 1.53. The molecule has 18 heavy (non-hydrogen) atoms. The van der Waals surface area contributed by atoms with Crippen LogP contribution in [0.4, 0.5) is 0 Å². The van der Waals surface area contributed by atoms with Gasteiger partial charge in [-0.3, -0.25) is 4.79 Å². The van der Waals surface area contributed by atoms with Gasteiger partial charge in [0.05, 0.1) is 6.54 Å². The van der Waals surface area contributed by atoms with Crippen LogP contribution in [0.1, 0.15) is 36.6 Å². The number of aliphatic carboxylic acids is 1. The largest absolute Gasteiger partial charge is 0.480 e. The summed E-state index contributed by atoms with van der Waals surface area (Å²) in [6.07, 6.45) is 0.367. The van der Waals surface area contributed by atoms with Gasteiger partial charge in [-0.1, -0.05) is 13.8 Å². The third kappa shape index (κ3) is 3.89. The van der Waals surface area contributed by atoms with Crippen molar-refractivity contribution in [3.63, 3.8) is 0 Å². The number of carbonyl (C=O) groups excluding carboxylic acids is 1. The van der Waals surface area contributed by atoms with E-state index in [2.05, 4.69) is 5.32 Å². The molecule has 0 unspecified atom stereocenters. The minimum Gasteiger partial charge on any atom is -0.480 e. The van der Waals surface area contributed by atoms with Gasteiger partial charge in [0.15, 0.2) is 5.76 Å². The average molecular weight is 254 g/mol. The molecule has 100 valence electrons. The Morgan fingerprint density at radius 1 is 1.44 bits per heavy atom. The molecule has 0 saturated carbocycles. The third-order valence-corrected chi connectivity index (χ3v) is 2.40. The highest BCUT2D eigenvalue weighted by molar-refractivity contribution is 5.94. The van der Waals surface area contributed by atoms with Gasteiger partial charge in [-0.15, -0.1) is 0 Å². The molecule has 0 aliphatic heterocycles. The van der Waals surface area contributed by atoms with Crippen LogP contribution in [0.3, 0.4) is 0 Å². The summed E-state index contributed by atoms with van der Waals surface area (Å²) in [5.41, 5.74) is 5.36. The van der Waals surface area contributed by atoms with Crippen LogP contribution in [0.2, 0.25) is 0 Å². The highest BCUT2D eigenvalue weighted by Gasteiger charge is 2.23. The maximum absolute atomic E-state index is 11.8. The van der Waals surface area contributed by atoms with Crippen molar-refractivity contribution in [3.05, 3.63) is 23.7 Å². The van der Waals surface area contributed by atoms with Gasteiger partial charge in [-0.2, -0.15) is 0 Å². The predicted molar refractivity (Wildman–Crippen MR) is 64.9 cm³/mol. The van der Waals surface area contributed by atoms with E-state index >= 15 is 0 Å². The van der Waals surface area contributed by atoms with E-state index in [4.69, 9.17) is 15.3 Å². The molecule has 4 N–H and O–H groups in total. The molecule has 0 fully saturated rings. The lowest BCUT2D eigenvalue weighted by Crippen LogP contribution is -2.41. The van der Waals surface area contributed by atoms with Gasteiger partial charge in [0.25, 0.3) is 5.91 Å². The van der Waals surface area contributed by atoms with Gasteiger partial charge in [0.2, 0.25) is 0 Å². The van der Waals surface area contributed by atoms with Crippen molar-refractivity contribution in [2.45, 2.75) is 32.9 Å². The zero-order chi connectivity index (χ0) is 13.7. The van der Waals surface area contributed by atoms with E-state index in [0.717, 1.165) is 0 Å². The second-order valence-corrected chi connectivity index (χ2v) is 4.46. The minimum absolute atomic E-state index is 0.0745. The Morgan fingerprint density at radius 3 is 2.56 bits per heavy atom. The normalized spacial score (nSPS) is 12.4. The number of carbonyl (C=O) groups is 2. The molecule has 0 aromatic carbocycles. The molecule has 1 rings (SSSR count). The van der Waals surface area contributed by atoms with E-state index in [-0.39, 0.29) is 18.2 Å². The lowest BCUT2D eigenvalue weighted by atomic mass is 10.0. The summed E-state index contributed by atoms with van der Waals surface area (Å²) in [6.45, 7) is 3.98. The number of nitrogens with two attached hydrogens (primary N) is 1. The molecule has 6 heteroatoms. The van der Waals surface area contributed by atoms with Crippen LogP contribution in [0.5, 0.6) is 0 Å². The van der Waals surface area contributed by atoms with Crippen LogP contribution in [-0.2, 0) is 11.3 Å². The maximum Gasteiger partial charge on any atom is 0.326 e. The van der Waals surface area contributed by atoms with Gasteiger partial charge in [0, 0.05) is 0 Å². The van der Waals surface area contributed by atoms with Gasteiger partial charge in [-0.05, 0) is 24.5 Å². The summed E-state index contributed by atoms with van der Waals surface area (Å²) in [4.78, 5) is 22.8. The summed E-state index contributed by atoms with van der Waals surface area (Å²) >= 11 is 0. The van der Waals surface area contributed by atoms with E-state index in [9.17, 15) is 9.59 Å². The van der Waals surface area contributed by atoms with Crippen molar-refractivity contribution in [3.8, 4) is 0 Å². The number of carboxylic acid groups (broad SMARTS) is 1. The van der Waals surface area contributed by atoms with Crippen LogP contribution >= 0.6 is 0 Å². The highest BCUT2D eigenvalue weighted by Crippen LogP contribution is 2.09. The first-order valence-corrected chi connectivity index (χ1v) is 5.76. The summed E-state index contributed by atoms with van der Waals surface area (Å²) in [5.74, 6) is -0.866. The number of amides is 1. The van der Waals surface area contributed by atoms with Crippen molar-refractivity contribution in [1.29, 1.82) is 0 Å². The number of nitrogens with one attached hydrogen (secondary N) is 1. The lowest BCUT2D eigenvalue weighted by Gasteiger charge is -2.15. The molecule has 1 aromatic heterocycles. The quantitative estimate of drug-likeness (QED) is 0.701. The number of furan rings is 1. The molecule has 0 aliphatic carbocycles. The van der Waals surface area contributed by atoms with Gasteiger partial charge in [0.1, 0.15) is 11.8 Å². The fourth-order valence-electron chi connectivity index (χ4n) is 1.53. The van der Waals surface area contributed by atoms with Gasteiger partial charge >= 0.3 is 5.97 Å². The van der Waals surface area contributed by atoms with E-state index in [1.165, 1.54) is 6.07 Å². The predicted octanol–water partition coefficient (Wildman–Crippen LogP) is 0.967. The molecule has 1 amide bonds. The van der Waals surface area contributed by atoms with Crippen LogP contribution in [-0.4, -0.2) is 23.0 Å². The molecule has 1 heterocycles. The highest BCUT2D eigenvalue weighted by atomic mass is 16.4. The van der Waals surface area contributed by atoms with E-state index in [1.807, 2.05) is 13.8 Å². The second-order valence-electron chi connectivity index (χ2n) is 4.46. The fraction of sp³-hybridized carbons (Fsp3) is 0.500. The molecular formula is C12H18N2O4. The molecular weight excluding hydrogens is 236 g/mol. The first kappa shape index (κ1) is 14.2. The van der Waals surface area contributed by atoms with Crippen molar-refractivity contribution in [1.82, 2.24) is 5.32 Å². The maximum atomic E-state index is 11.8. The van der Waals surface area contributed by atoms with E-state index in [0.29, 0.717) is 12.2 Å². The zero-order valence-electron chi connectivity index (χ0n) is 10.5. The molecule has 1 aromatic rings. The summed E-state index contributed by atoms with van der Waals surface area (Å²) in [6, 6.07) is 2.16. The second kappa shape index (κ2) is 6.20. The van der Waals surface area contributed by atoms with Crippen LogP contribution in [0, 0.1) is 5.92 Å². The first-order chi connectivity index (χ1) is 8.43. The first-order valence-electron chi connectivity index (χ1n) is 5.76. The molecule has 0 aliphatic rings. The van der Waals surface area contributed by atoms with Crippen molar-refractivity contribution < 1.29 is 19.1 Å². The smallest absolute Gasteiger partial charge is 0.326 e. The summed E-state index contributed by atoms with van der Waals surface area (Å²) < 4.78 is 5.15. The van der Waals surface area contributed by atoms with E-state index in [1.54, 1.807) is 6.07 Å². The Hall–Kier alpha value is -1.82. The Morgan fingerprint density at radius 2 is 2.11 bits per heavy atom. The van der Waals surface area contributed by atoms with Crippen molar-refractivity contribution >= 4 is 11.9 Å². The molecule has 0 radical (unpaired) electrons. The van der Waals surface area contributed by atoms with Crippen molar-refractivity contribution in [2.75, 3.05) is 0 Å². The Labute approximate surface area is 105 Å². The molecule has 0 saturated heterocycles. The minimum atomic E-state index is -1.05. The molecule has 6 nitrogen and oxygen atoms in total. The van der Waals surface area contributed by atoms with Gasteiger partial charge < -0.3 is 20.6 Å². The van der Waals surface area contributed by atoms with Crippen molar-refractivity contribution in [2.24, 2.45) is 11.7 Å². The number of carboxylic acids is 1. The number of rotatable bonds is 6. The summed E-state index contributed by atoms with van der Waals surface area (Å²) in [5, 5.41) is 11.4. The number of hydrogen-bond acceptors (Lipinski definition) is 4. The SMILES string of the molecule is CC(C)C[C@@H](NC(=O)c1ccc(CN)o1)C(=O)O. The van der Waals surface area contributed by atoms with Gasteiger partial charge in [-0.25, -0.2) is 4.79 Å². The Balaban J connectivity index is 2.69. The Kier molecular flexibility index (Phi) is 4.91. The standard InChI is InChI=1S/C12H18N2O4/c1-7(2)5-9(12(16)17)14-11(15)10-4-3-8(6-13)18-10/h3-4,7,9H,5-6,13H2,1-2H3,(H,14,15)(H,16,17)/t9-/m1/s1. The Bertz CT molecular complexity index is 425. The topological polar surface area (TPSA) is 106 Å². The summed E-state index contributed by atoms with van der Waals surface area (Å²) in [7, 11) is 0.